The Balaban J connectivity index is 1.75. The molecule has 0 bridgehead atoms. The number of nitrogens with zero attached hydrogens (tertiary/aromatic N) is 3. The number of nitriles is 1. The average Bonchev–Trinajstić information content (AvgIpc) is 3.33. The normalized spacial score (nSPS) is 17.5. The van der Waals surface area contributed by atoms with Crippen molar-refractivity contribution in [3.63, 3.8) is 0 Å². The van der Waals surface area contributed by atoms with Gasteiger partial charge in [-0.2, -0.15) is 26.9 Å². The lowest BCUT2D eigenvalue weighted by Crippen LogP contribution is -2.45. The highest BCUT2D eigenvalue weighted by molar-refractivity contribution is 7.87. The number of nitrogens with one attached hydrogen (secondary N) is 1. The molecular formula is C27H26F4N4O6S. The number of hydrogen-bond acceptors (Lipinski definition) is 8. The molecule has 1 saturated carbocycles. The van der Waals surface area contributed by atoms with Crippen molar-refractivity contribution in [1.29, 1.82) is 5.26 Å². The van der Waals surface area contributed by atoms with E-state index in [-0.39, 0.29) is 39.8 Å². The zero-order chi connectivity index (χ0) is 30.7. The number of amides is 1. The predicted molar refractivity (Wildman–Crippen MR) is 140 cm³/mol. The topological polar surface area (TPSA) is 155 Å². The van der Waals surface area contributed by atoms with Crippen molar-refractivity contribution >= 4 is 16.0 Å². The van der Waals surface area contributed by atoms with E-state index in [4.69, 9.17) is 4.18 Å². The molecule has 0 spiro atoms. The van der Waals surface area contributed by atoms with Gasteiger partial charge in [-0.25, -0.2) is 9.37 Å². The van der Waals surface area contributed by atoms with Crippen LogP contribution in [-0.4, -0.2) is 58.2 Å². The Kier molecular flexibility index (Phi) is 9.19. The Bertz CT molecular complexity index is 1600. The smallest absolute Gasteiger partial charge is 0.390 e. The van der Waals surface area contributed by atoms with E-state index >= 15 is 0 Å². The number of alkyl halides is 3. The molecule has 0 radical (unpaired) electrons. The number of benzene rings is 2. The lowest BCUT2D eigenvalue weighted by molar-refractivity contribution is -0.130. The van der Waals surface area contributed by atoms with Crippen molar-refractivity contribution in [1.82, 2.24) is 14.9 Å². The fraction of sp³-hybridized carbons (Fsp3) is 0.370. The molecular weight excluding hydrogens is 584 g/mol. The van der Waals surface area contributed by atoms with Crippen LogP contribution in [0.2, 0.25) is 0 Å². The first-order chi connectivity index (χ1) is 19.8. The summed E-state index contributed by atoms with van der Waals surface area (Å²) >= 11 is 0. The molecule has 1 aliphatic carbocycles. The van der Waals surface area contributed by atoms with Gasteiger partial charge in [0.05, 0.1) is 48.3 Å². The standard InChI is InChI=1S/C27H26F4N4O6S/c28-18-12-16(14-32)11-17(13-18)25-34-24(26(38)33-21-3-1-2-4-23(21)37)22(15-36)35(25)19-5-7-20(8-6-19)41-42(39,40)10-9-27(29,30)31/h5-8,11-13,21,23,36-37H,1-4,9-10,15H2,(H,33,38). The van der Waals surface area contributed by atoms with Crippen LogP contribution in [-0.2, 0) is 16.7 Å². The highest BCUT2D eigenvalue weighted by Crippen LogP contribution is 2.30. The number of halogens is 4. The first kappa shape index (κ1) is 30.9. The summed E-state index contributed by atoms with van der Waals surface area (Å²) < 4.78 is 81.9. The lowest BCUT2D eigenvalue weighted by Gasteiger charge is -2.28. The van der Waals surface area contributed by atoms with Gasteiger partial charge in [0.2, 0.25) is 0 Å². The molecule has 3 N–H and O–H groups in total. The van der Waals surface area contributed by atoms with Crippen LogP contribution in [0.25, 0.3) is 17.1 Å². The number of carbonyl (C=O) groups is 1. The van der Waals surface area contributed by atoms with Crippen molar-refractivity contribution < 1.29 is 45.2 Å². The third kappa shape index (κ3) is 7.44. The molecule has 2 atom stereocenters. The van der Waals surface area contributed by atoms with E-state index in [1.165, 1.54) is 22.8 Å². The van der Waals surface area contributed by atoms with Gasteiger partial charge in [0.1, 0.15) is 17.4 Å². The first-order valence-electron chi connectivity index (χ1n) is 12.8. The average molecular weight is 611 g/mol. The van der Waals surface area contributed by atoms with Crippen LogP contribution in [0.1, 0.15) is 53.8 Å². The Hall–Kier alpha value is -4.00. The highest BCUT2D eigenvalue weighted by Gasteiger charge is 2.31. The van der Waals surface area contributed by atoms with Crippen LogP contribution in [0.4, 0.5) is 17.6 Å². The Morgan fingerprint density at radius 1 is 1.17 bits per heavy atom. The zero-order valence-electron chi connectivity index (χ0n) is 21.9. The third-order valence-electron chi connectivity index (χ3n) is 6.62. The SMILES string of the molecule is N#Cc1cc(F)cc(-c2nc(C(=O)NC3CCCCC3O)c(CO)n2-c2ccc(OS(=O)(=O)CCC(F)(F)F)cc2)c1. The van der Waals surface area contributed by atoms with Crippen molar-refractivity contribution in [3.8, 4) is 28.9 Å². The number of rotatable bonds is 9. The molecule has 1 aromatic heterocycles. The van der Waals surface area contributed by atoms with Gasteiger partial charge >= 0.3 is 16.3 Å². The molecule has 1 heterocycles. The number of imidazole rings is 1. The third-order valence-corrected chi connectivity index (χ3v) is 7.77. The molecule has 42 heavy (non-hydrogen) atoms. The van der Waals surface area contributed by atoms with Crippen LogP contribution in [0.15, 0.2) is 42.5 Å². The van der Waals surface area contributed by atoms with Crippen LogP contribution in [0, 0.1) is 17.1 Å². The first-order valence-corrected chi connectivity index (χ1v) is 14.4. The van der Waals surface area contributed by atoms with Gasteiger partial charge in [0.25, 0.3) is 5.91 Å². The molecule has 2 unspecified atom stereocenters. The van der Waals surface area contributed by atoms with Crippen LogP contribution < -0.4 is 9.50 Å². The van der Waals surface area contributed by atoms with Crippen LogP contribution in [0.5, 0.6) is 5.75 Å². The Morgan fingerprint density at radius 3 is 2.48 bits per heavy atom. The summed E-state index contributed by atoms with van der Waals surface area (Å²) in [7, 11) is -4.57. The van der Waals surface area contributed by atoms with E-state index in [9.17, 15) is 46.2 Å². The highest BCUT2D eigenvalue weighted by atomic mass is 32.2. The van der Waals surface area contributed by atoms with Gasteiger partial charge in [-0.1, -0.05) is 12.8 Å². The van der Waals surface area contributed by atoms with Crippen molar-refractivity contribution in [2.24, 2.45) is 0 Å². The second-order valence-electron chi connectivity index (χ2n) is 9.70. The second kappa shape index (κ2) is 12.5. The van der Waals surface area contributed by atoms with Gasteiger partial charge in [-0.05, 0) is 55.3 Å². The number of aromatic nitrogens is 2. The summed E-state index contributed by atoms with van der Waals surface area (Å²) in [5.41, 5.74) is -0.0477. The summed E-state index contributed by atoms with van der Waals surface area (Å²) in [5, 5.41) is 32.7. The quantitative estimate of drug-likeness (QED) is 0.245. The molecule has 0 aliphatic heterocycles. The fourth-order valence-electron chi connectivity index (χ4n) is 4.63. The van der Waals surface area contributed by atoms with Gasteiger partial charge in [0, 0.05) is 11.3 Å². The molecule has 1 amide bonds. The Labute approximate surface area is 238 Å². The van der Waals surface area contributed by atoms with Crippen LogP contribution in [0.3, 0.4) is 0 Å². The molecule has 0 saturated heterocycles. The molecule has 1 fully saturated rings. The van der Waals surface area contributed by atoms with Crippen molar-refractivity contribution in [2.45, 2.75) is 57.0 Å². The molecule has 3 aromatic rings. The molecule has 10 nitrogen and oxygen atoms in total. The largest absolute Gasteiger partial charge is 0.391 e. The molecule has 224 valence electrons. The maximum atomic E-state index is 14.4. The van der Waals surface area contributed by atoms with E-state index in [1.807, 2.05) is 6.07 Å². The predicted octanol–water partition coefficient (Wildman–Crippen LogP) is 3.74. The summed E-state index contributed by atoms with van der Waals surface area (Å²) in [4.78, 5) is 17.7. The zero-order valence-corrected chi connectivity index (χ0v) is 22.8. The van der Waals surface area contributed by atoms with E-state index in [0.717, 1.165) is 37.1 Å². The summed E-state index contributed by atoms with van der Waals surface area (Å²) in [6.45, 7) is -0.729. The minimum atomic E-state index is -4.69. The number of aliphatic hydroxyl groups is 2. The van der Waals surface area contributed by atoms with Gasteiger partial charge < -0.3 is 19.7 Å². The minimum Gasteiger partial charge on any atom is -0.391 e. The molecule has 4 rings (SSSR count). The van der Waals surface area contributed by atoms with Gasteiger partial charge in [-0.3, -0.25) is 9.36 Å². The maximum Gasteiger partial charge on any atom is 0.390 e. The lowest BCUT2D eigenvalue weighted by atomic mass is 9.92. The minimum absolute atomic E-state index is 0.0398. The molecule has 2 aromatic carbocycles. The maximum absolute atomic E-state index is 14.4. The summed E-state index contributed by atoms with van der Waals surface area (Å²) in [6.07, 6.45) is -4.45. The van der Waals surface area contributed by atoms with Gasteiger partial charge in [-0.15, -0.1) is 0 Å². The fourth-order valence-corrected chi connectivity index (χ4v) is 5.60. The summed E-state index contributed by atoms with van der Waals surface area (Å²) in [5.74, 6) is -3.11. The van der Waals surface area contributed by atoms with Gasteiger partial charge in [0.15, 0.2) is 5.69 Å². The van der Waals surface area contributed by atoms with Crippen molar-refractivity contribution in [3.05, 3.63) is 65.2 Å². The van der Waals surface area contributed by atoms with E-state index in [1.54, 1.807) is 0 Å². The number of aliphatic hydroxyl groups excluding tert-OH is 2. The second-order valence-corrected chi connectivity index (χ2v) is 11.4. The molecule has 15 heteroatoms. The number of carbonyl (C=O) groups excluding carboxylic acids is 1. The number of hydrogen-bond donors (Lipinski definition) is 3. The Morgan fingerprint density at radius 2 is 1.86 bits per heavy atom. The molecule has 1 aliphatic rings. The summed E-state index contributed by atoms with van der Waals surface area (Å²) in [6, 6.07) is 9.55. The van der Waals surface area contributed by atoms with Crippen molar-refractivity contribution in [2.75, 3.05) is 5.75 Å². The monoisotopic (exact) mass is 610 g/mol. The van der Waals surface area contributed by atoms with E-state index < -0.39 is 58.9 Å². The van der Waals surface area contributed by atoms with Crippen LogP contribution >= 0.6 is 0 Å². The van der Waals surface area contributed by atoms with E-state index in [0.29, 0.717) is 12.8 Å². The van der Waals surface area contributed by atoms with E-state index in [2.05, 4.69) is 10.3 Å².